The highest BCUT2D eigenvalue weighted by atomic mass is 19.1. The maximum atomic E-state index is 15.4. The maximum Gasteiger partial charge on any atom is 0.255 e. The average molecular weight is 806 g/mol. The molecule has 10 rings (SSSR count). The molecule has 15 heteroatoms. The van der Waals surface area contributed by atoms with Gasteiger partial charge < -0.3 is 24.2 Å². The van der Waals surface area contributed by atoms with Crippen LogP contribution in [0.15, 0.2) is 42.7 Å². The van der Waals surface area contributed by atoms with E-state index in [1.165, 1.54) is 11.0 Å². The summed E-state index contributed by atoms with van der Waals surface area (Å²) in [5.41, 5.74) is 4.07. The van der Waals surface area contributed by atoms with Crippen LogP contribution in [0.2, 0.25) is 0 Å². The van der Waals surface area contributed by atoms with E-state index in [2.05, 4.69) is 59.2 Å². The van der Waals surface area contributed by atoms with Crippen LogP contribution in [0.5, 0.6) is 5.75 Å². The normalized spacial score (nSPS) is 25.1. The van der Waals surface area contributed by atoms with Crippen LogP contribution >= 0.6 is 0 Å². The molecule has 1 unspecified atom stereocenters. The van der Waals surface area contributed by atoms with Crippen LogP contribution in [-0.4, -0.2) is 117 Å². The Morgan fingerprint density at radius 1 is 0.864 bits per heavy atom. The summed E-state index contributed by atoms with van der Waals surface area (Å²) in [4.78, 5) is 54.8. The van der Waals surface area contributed by atoms with Gasteiger partial charge in [0.15, 0.2) is 0 Å². The standard InChI is InChI=1S/C44H52FN9O5/c1-44(12-13-44)59-31-6-7-35-33(21-31)41(50-49-35)36-23-39(47-26-46-36)53-14-10-30(11-15-53)58-29-4-2-27(3-5-29)24-51-16-18-52(19-17-51)38-20-28-25-54(43(57)32(28)22-34(38)45)37-8-9-40(55)48-42(37)56/h6-7,20-23,26-27,29-30,37H,2-5,8-19,24-25H2,1H3,(H,49,50)(H,48,55,56)/t27-,29-,37?. The van der Waals surface area contributed by atoms with Crippen LogP contribution in [0.4, 0.5) is 15.9 Å². The fourth-order valence-corrected chi connectivity index (χ4v) is 9.77. The molecule has 4 aliphatic heterocycles. The number of carbonyl (C=O) groups is 3. The van der Waals surface area contributed by atoms with Crippen LogP contribution in [0.25, 0.3) is 22.3 Å². The van der Waals surface area contributed by atoms with Crippen LogP contribution < -0.4 is 19.9 Å². The van der Waals surface area contributed by atoms with Crippen molar-refractivity contribution < 1.29 is 28.2 Å². The molecule has 5 fully saturated rings. The minimum absolute atomic E-state index is 0.0507. The summed E-state index contributed by atoms with van der Waals surface area (Å²) in [5, 5.41) is 11.0. The number of anilines is 2. The second kappa shape index (κ2) is 15.5. The predicted octanol–water partition coefficient (Wildman–Crippen LogP) is 5.22. The molecule has 0 bridgehead atoms. The minimum atomic E-state index is -0.713. The molecular formula is C44H52FN9O5. The number of aromatic nitrogens is 4. The molecule has 6 aliphatic rings. The summed E-state index contributed by atoms with van der Waals surface area (Å²) in [6.07, 6.45) is 11.2. The molecule has 2 saturated carbocycles. The molecule has 0 radical (unpaired) electrons. The lowest BCUT2D eigenvalue weighted by Gasteiger charge is -2.40. The summed E-state index contributed by atoms with van der Waals surface area (Å²) in [7, 11) is 0. The van der Waals surface area contributed by atoms with Gasteiger partial charge >= 0.3 is 0 Å². The van der Waals surface area contributed by atoms with Gasteiger partial charge in [0.25, 0.3) is 5.91 Å². The number of fused-ring (bicyclic) bond motifs is 2. The predicted molar refractivity (Wildman–Crippen MR) is 219 cm³/mol. The molecule has 2 aromatic carbocycles. The SMILES string of the molecule is CC1(Oc2ccc3n[nH]c(-c4cc(N5CCC(O[C@H]6CC[C@H](CN7CCN(c8cc9c(cc8F)C(=O)N(C8CCC(=O)NC8=O)C9)CC7)CC6)CC5)ncn4)c3c2)CC1. The summed E-state index contributed by atoms with van der Waals surface area (Å²) in [6, 6.07) is 10.5. The van der Waals surface area contributed by atoms with E-state index in [0.717, 1.165) is 124 Å². The molecule has 2 N–H and O–H groups in total. The molecule has 14 nitrogen and oxygen atoms in total. The molecule has 3 saturated heterocycles. The minimum Gasteiger partial charge on any atom is -0.488 e. The third-order valence-corrected chi connectivity index (χ3v) is 13.5. The number of piperazine rings is 1. The first kappa shape index (κ1) is 38.1. The Labute approximate surface area is 342 Å². The lowest BCUT2D eigenvalue weighted by molar-refractivity contribution is -0.136. The zero-order valence-corrected chi connectivity index (χ0v) is 33.6. The second-order valence-electron chi connectivity index (χ2n) is 17.7. The van der Waals surface area contributed by atoms with Gasteiger partial charge in [-0.05, 0) is 107 Å². The van der Waals surface area contributed by atoms with Crippen LogP contribution in [0, 0.1) is 11.7 Å². The zero-order chi connectivity index (χ0) is 40.3. The monoisotopic (exact) mass is 805 g/mol. The third-order valence-electron chi connectivity index (χ3n) is 13.5. The number of aromatic amines is 1. The summed E-state index contributed by atoms with van der Waals surface area (Å²) in [5.74, 6) is 0.849. The first-order chi connectivity index (χ1) is 28.6. The summed E-state index contributed by atoms with van der Waals surface area (Å²) >= 11 is 0. The number of piperidine rings is 2. The van der Waals surface area contributed by atoms with Gasteiger partial charge in [-0.2, -0.15) is 5.10 Å². The third kappa shape index (κ3) is 7.86. The van der Waals surface area contributed by atoms with Crippen molar-refractivity contribution in [3.05, 3.63) is 59.7 Å². The van der Waals surface area contributed by atoms with Crippen LogP contribution in [-0.2, 0) is 20.9 Å². The fourth-order valence-electron chi connectivity index (χ4n) is 9.77. The molecule has 1 atom stereocenters. The topological polar surface area (TPSA) is 149 Å². The van der Waals surface area contributed by atoms with Gasteiger partial charge in [0.1, 0.15) is 35.4 Å². The number of imide groups is 1. The molecule has 6 heterocycles. The molecular weight excluding hydrogens is 754 g/mol. The van der Waals surface area contributed by atoms with Gasteiger partial charge in [0.2, 0.25) is 11.8 Å². The van der Waals surface area contributed by atoms with Gasteiger partial charge in [-0.15, -0.1) is 0 Å². The van der Waals surface area contributed by atoms with E-state index in [4.69, 9.17) is 9.47 Å². The smallest absolute Gasteiger partial charge is 0.255 e. The van der Waals surface area contributed by atoms with Crippen molar-refractivity contribution in [2.24, 2.45) is 5.92 Å². The second-order valence-corrected chi connectivity index (χ2v) is 17.7. The van der Waals surface area contributed by atoms with E-state index >= 15 is 4.39 Å². The molecule has 4 aromatic rings. The number of carbonyl (C=O) groups excluding carboxylic acids is 3. The Bertz CT molecular complexity index is 2260. The number of ether oxygens (including phenoxy) is 2. The highest BCUT2D eigenvalue weighted by Gasteiger charge is 2.41. The van der Waals surface area contributed by atoms with Crippen LogP contribution in [0.3, 0.4) is 0 Å². The van der Waals surface area contributed by atoms with Gasteiger partial charge in [0.05, 0.1) is 34.8 Å². The van der Waals surface area contributed by atoms with Crippen LogP contribution in [0.1, 0.15) is 87.1 Å². The number of halogens is 1. The lowest BCUT2D eigenvalue weighted by Crippen LogP contribution is -2.52. The largest absolute Gasteiger partial charge is 0.488 e. The quantitative estimate of drug-likeness (QED) is 0.204. The number of rotatable bonds is 10. The van der Waals surface area contributed by atoms with E-state index in [-0.39, 0.29) is 42.9 Å². The van der Waals surface area contributed by atoms with Gasteiger partial charge in [0, 0.05) is 75.8 Å². The van der Waals surface area contributed by atoms with E-state index < -0.39 is 17.8 Å². The number of benzene rings is 2. The van der Waals surface area contributed by atoms with Crippen molar-refractivity contribution in [1.82, 2.24) is 35.3 Å². The Balaban J connectivity index is 0.667. The first-order valence-corrected chi connectivity index (χ1v) is 21.5. The van der Waals surface area contributed by atoms with Crippen molar-refractivity contribution in [2.45, 2.75) is 102 Å². The maximum absolute atomic E-state index is 15.4. The molecule has 59 heavy (non-hydrogen) atoms. The number of hydrogen-bond donors (Lipinski definition) is 2. The number of nitrogens with zero attached hydrogens (tertiary/aromatic N) is 7. The average Bonchev–Trinajstić information content (AvgIpc) is 3.68. The van der Waals surface area contributed by atoms with Gasteiger partial charge in [-0.1, -0.05) is 0 Å². The van der Waals surface area contributed by atoms with E-state index in [9.17, 15) is 14.4 Å². The highest BCUT2D eigenvalue weighted by Crippen LogP contribution is 2.41. The Morgan fingerprint density at radius 2 is 1.64 bits per heavy atom. The van der Waals surface area contributed by atoms with Crippen molar-refractivity contribution in [3.8, 4) is 17.1 Å². The van der Waals surface area contributed by atoms with Crippen molar-refractivity contribution in [3.63, 3.8) is 0 Å². The molecule has 2 aromatic heterocycles. The Kier molecular flexibility index (Phi) is 9.98. The molecule has 0 spiro atoms. The zero-order valence-electron chi connectivity index (χ0n) is 33.6. The Morgan fingerprint density at radius 3 is 2.41 bits per heavy atom. The Hall–Kier alpha value is -5.15. The number of nitrogens with one attached hydrogen (secondary N) is 2. The van der Waals surface area contributed by atoms with Crippen molar-refractivity contribution in [2.75, 3.05) is 55.6 Å². The molecule has 310 valence electrons. The highest BCUT2D eigenvalue weighted by molar-refractivity contribution is 6.05. The number of amides is 3. The van der Waals surface area contributed by atoms with Crippen molar-refractivity contribution in [1.29, 1.82) is 0 Å². The first-order valence-electron chi connectivity index (χ1n) is 21.5. The van der Waals surface area contributed by atoms with Gasteiger partial charge in [-0.25, -0.2) is 14.4 Å². The lowest BCUT2D eigenvalue weighted by atomic mass is 9.86. The van der Waals surface area contributed by atoms with E-state index in [1.807, 2.05) is 12.1 Å². The number of hydrogen-bond acceptors (Lipinski definition) is 11. The van der Waals surface area contributed by atoms with Gasteiger partial charge in [-0.3, -0.25) is 29.7 Å². The summed E-state index contributed by atoms with van der Waals surface area (Å²) in [6.45, 7) is 8.34. The molecule has 2 aliphatic carbocycles. The van der Waals surface area contributed by atoms with Crippen molar-refractivity contribution >= 4 is 40.1 Å². The molecule has 3 amide bonds. The summed E-state index contributed by atoms with van der Waals surface area (Å²) < 4.78 is 28.4. The van der Waals surface area contributed by atoms with E-state index in [0.29, 0.717) is 36.4 Å². The number of H-pyrrole nitrogens is 1. The van der Waals surface area contributed by atoms with E-state index in [1.54, 1.807) is 12.4 Å². The fraction of sp³-hybridized carbons (Fsp3) is 0.545.